The zero-order chi connectivity index (χ0) is 19.4. The Balaban J connectivity index is 2.82. The fraction of sp³-hybridized carbons (Fsp3) is 0.750. The normalized spacial score (nSPS) is 20.0. The van der Waals surface area contributed by atoms with Gasteiger partial charge in [0.05, 0.1) is 26.2 Å². The Labute approximate surface area is 152 Å². The number of aldehydes is 2. The first-order valence-corrected chi connectivity index (χ1v) is 8.65. The van der Waals surface area contributed by atoms with E-state index in [1.165, 1.54) is 0 Å². The zero-order valence-corrected chi connectivity index (χ0v) is 15.0. The predicted molar refractivity (Wildman–Crippen MR) is 93.2 cm³/mol. The molecule has 0 spiro atoms. The highest BCUT2D eigenvalue weighted by Crippen LogP contribution is 2.00. The van der Waals surface area contributed by atoms with Crippen LogP contribution in [-0.2, 0) is 19.2 Å². The van der Waals surface area contributed by atoms with E-state index in [2.05, 4.69) is 0 Å². The van der Waals surface area contributed by atoms with Gasteiger partial charge in [0.2, 0.25) is 0 Å². The average molecular weight is 372 g/mol. The molecule has 10 heteroatoms. The minimum Gasteiger partial charge on any atom is -0.480 e. The van der Waals surface area contributed by atoms with E-state index in [9.17, 15) is 19.2 Å². The Bertz CT molecular complexity index is 418. The fourth-order valence-electron chi connectivity index (χ4n) is 2.85. The van der Waals surface area contributed by atoms with E-state index in [4.69, 9.17) is 10.2 Å². The summed E-state index contributed by atoms with van der Waals surface area (Å²) in [5, 5.41) is 18.1. The lowest BCUT2D eigenvalue weighted by atomic mass is 10.3. The molecular weight excluding hydrogens is 344 g/mol. The molecule has 1 rings (SSSR count). The van der Waals surface area contributed by atoms with E-state index in [0.717, 1.165) is 12.6 Å². The van der Waals surface area contributed by atoms with Crippen LogP contribution in [0.1, 0.15) is 0 Å². The van der Waals surface area contributed by atoms with E-state index in [1.807, 2.05) is 9.80 Å². The van der Waals surface area contributed by atoms with Crippen LogP contribution >= 0.6 is 0 Å². The number of rotatable bonds is 8. The number of aliphatic carboxylic acids is 2. The molecule has 0 bridgehead atoms. The highest BCUT2D eigenvalue weighted by molar-refractivity contribution is 5.69. The molecular formula is C16H28N4O6. The summed E-state index contributed by atoms with van der Waals surface area (Å²) in [4.78, 5) is 51.2. The van der Waals surface area contributed by atoms with Crippen molar-refractivity contribution in [1.29, 1.82) is 0 Å². The van der Waals surface area contributed by atoms with Crippen LogP contribution < -0.4 is 0 Å². The van der Waals surface area contributed by atoms with Crippen LogP contribution in [0.4, 0.5) is 0 Å². The molecule has 1 heterocycles. The summed E-state index contributed by atoms with van der Waals surface area (Å²) < 4.78 is 0. The molecule has 0 radical (unpaired) electrons. The summed E-state index contributed by atoms with van der Waals surface area (Å²) >= 11 is 0. The van der Waals surface area contributed by atoms with Gasteiger partial charge in [0.25, 0.3) is 0 Å². The molecule has 26 heavy (non-hydrogen) atoms. The van der Waals surface area contributed by atoms with Crippen molar-refractivity contribution in [3.8, 4) is 0 Å². The Morgan fingerprint density at radius 3 is 1.12 bits per heavy atom. The highest BCUT2D eigenvalue weighted by atomic mass is 16.4. The van der Waals surface area contributed by atoms with Crippen molar-refractivity contribution in [3.63, 3.8) is 0 Å². The van der Waals surface area contributed by atoms with Crippen molar-refractivity contribution < 1.29 is 29.4 Å². The molecule has 1 fully saturated rings. The standard InChI is InChI=1S/C16H28N4O6/c21-11-9-17-1-5-19(13-15(23)24)7-3-18(10-12-22)4-8-20(6-2-17)14-16(25)26/h11-12H,1-10,13-14H2,(H,23,24)(H,25,26). The number of carboxylic acid groups (broad SMARTS) is 2. The molecule has 0 aromatic rings. The Hall–Kier alpha value is -1.88. The van der Waals surface area contributed by atoms with Crippen LogP contribution in [0.5, 0.6) is 0 Å². The number of hydrogen-bond donors (Lipinski definition) is 2. The van der Waals surface area contributed by atoms with Crippen LogP contribution in [0.2, 0.25) is 0 Å². The first-order valence-electron chi connectivity index (χ1n) is 8.65. The number of hydrogen-bond acceptors (Lipinski definition) is 8. The highest BCUT2D eigenvalue weighted by Gasteiger charge is 2.18. The molecule has 0 saturated carbocycles. The number of carbonyl (C=O) groups is 4. The summed E-state index contributed by atoms with van der Waals surface area (Å²) in [6.45, 7) is 4.22. The van der Waals surface area contributed by atoms with Crippen molar-refractivity contribution in [2.75, 3.05) is 78.5 Å². The Kier molecular flexibility index (Phi) is 10.6. The molecule has 0 atom stereocenters. The zero-order valence-electron chi connectivity index (χ0n) is 15.0. The Morgan fingerprint density at radius 1 is 0.615 bits per heavy atom. The lowest BCUT2D eigenvalue weighted by Crippen LogP contribution is -2.48. The summed E-state index contributed by atoms with van der Waals surface area (Å²) in [5.74, 6) is -1.85. The van der Waals surface area contributed by atoms with E-state index in [0.29, 0.717) is 52.4 Å². The second-order valence-electron chi connectivity index (χ2n) is 6.27. The third kappa shape index (κ3) is 9.56. The van der Waals surface area contributed by atoms with Gasteiger partial charge in [-0.3, -0.25) is 29.2 Å². The summed E-state index contributed by atoms with van der Waals surface area (Å²) in [6, 6.07) is 0. The molecule has 10 nitrogen and oxygen atoms in total. The molecule has 1 aliphatic heterocycles. The molecule has 0 unspecified atom stereocenters. The van der Waals surface area contributed by atoms with Crippen molar-refractivity contribution in [3.05, 3.63) is 0 Å². The topological polar surface area (TPSA) is 122 Å². The largest absolute Gasteiger partial charge is 0.480 e. The van der Waals surface area contributed by atoms with Crippen molar-refractivity contribution in [2.45, 2.75) is 0 Å². The van der Waals surface area contributed by atoms with Gasteiger partial charge in [-0.2, -0.15) is 0 Å². The van der Waals surface area contributed by atoms with Crippen LogP contribution in [-0.4, -0.2) is 133 Å². The maximum atomic E-state index is 11.1. The van der Waals surface area contributed by atoms with Gasteiger partial charge < -0.3 is 19.8 Å². The summed E-state index contributed by atoms with van der Waals surface area (Å²) in [6.07, 6.45) is 1.58. The van der Waals surface area contributed by atoms with Crippen molar-refractivity contribution in [2.24, 2.45) is 0 Å². The van der Waals surface area contributed by atoms with Crippen LogP contribution in [0.25, 0.3) is 0 Å². The number of nitrogens with zero attached hydrogens (tertiary/aromatic N) is 4. The molecule has 0 amide bonds. The molecule has 1 saturated heterocycles. The Morgan fingerprint density at radius 2 is 0.885 bits per heavy atom. The lowest BCUT2D eigenvalue weighted by molar-refractivity contribution is -0.139. The second-order valence-corrected chi connectivity index (χ2v) is 6.27. The van der Waals surface area contributed by atoms with E-state index < -0.39 is 11.9 Å². The maximum Gasteiger partial charge on any atom is 0.317 e. The molecule has 2 N–H and O–H groups in total. The van der Waals surface area contributed by atoms with Crippen molar-refractivity contribution in [1.82, 2.24) is 19.6 Å². The van der Waals surface area contributed by atoms with Crippen molar-refractivity contribution >= 4 is 24.5 Å². The van der Waals surface area contributed by atoms with Crippen LogP contribution in [0.3, 0.4) is 0 Å². The smallest absolute Gasteiger partial charge is 0.317 e. The average Bonchev–Trinajstić information content (AvgIpc) is 2.56. The van der Waals surface area contributed by atoms with E-state index in [1.54, 1.807) is 9.80 Å². The lowest BCUT2D eigenvalue weighted by Gasteiger charge is -2.32. The minimum atomic E-state index is -0.923. The van der Waals surface area contributed by atoms with Gasteiger partial charge in [-0.05, 0) is 0 Å². The maximum absolute atomic E-state index is 11.1. The quantitative estimate of drug-likeness (QED) is 0.453. The molecule has 148 valence electrons. The molecule has 0 aromatic carbocycles. The molecule has 0 aromatic heterocycles. The van der Waals surface area contributed by atoms with Crippen LogP contribution in [0, 0.1) is 0 Å². The molecule has 0 aliphatic carbocycles. The number of carbonyl (C=O) groups excluding carboxylic acids is 2. The predicted octanol–water partition coefficient (Wildman–Crippen LogP) is -2.22. The third-order valence-electron chi connectivity index (χ3n) is 4.31. The monoisotopic (exact) mass is 372 g/mol. The van der Waals surface area contributed by atoms with E-state index >= 15 is 0 Å². The first kappa shape index (κ1) is 22.2. The van der Waals surface area contributed by atoms with Gasteiger partial charge in [-0.25, -0.2) is 0 Å². The fourth-order valence-corrected chi connectivity index (χ4v) is 2.85. The minimum absolute atomic E-state index is 0.102. The van der Waals surface area contributed by atoms with Gasteiger partial charge in [0.15, 0.2) is 0 Å². The van der Waals surface area contributed by atoms with Gasteiger partial charge >= 0.3 is 11.9 Å². The third-order valence-corrected chi connectivity index (χ3v) is 4.31. The van der Waals surface area contributed by atoms with Gasteiger partial charge in [0.1, 0.15) is 12.6 Å². The van der Waals surface area contributed by atoms with Gasteiger partial charge in [-0.15, -0.1) is 0 Å². The van der Waals surface area contributed by atoms with Gasteiger partial charge in [-0.1, -0.05) is 0 Å². The molecule has 1 aliphatic rings. The first-order chi connectivity index (χ1) is 12.4. The van der Waals surface area contributed by atoms with Crippen LogP contribution in [0.15, 0.2) is 0 Å². The van der Waals surface area contributed by atoms with Gasteiger partial charge in [0, 0.05) is 52.4 Å². The summed E-state index contributed by atoms with van der Waals surface area (Å²) in [5.41, 5.74) is 0. The number of carboxylic acids is 2. The second kappa shape index (κ2) is 12.5. The van der Waals surface area contributed by atoms with E-state index in [-0.39, 0.29) is 26.2 Å². The summed E-state index contributed by atoms with van der Waals surface area (Å²) in [7, 11) is 0. The SMILES string of the molecule is O=CCN1CCN(CC(=O)O)CCN(CC=O)CCN(CC(=O)O)CC1.